The van der Waals surface area contributed by atoms with E-state index in [1.54, 1.807) is 0 Å². The van der Waals surface area contributed by atoms with Crippen LogP contribution in [0.25, 0.3) is 0 Å². The molecule has 2 rings (SSSR count). The van der Waals surface area contributed by atoms with Crippen molar-refractivity contribution in [3.05, 3.63) is 5.82 Å². The Labute approximate surface area is 100 Å². The van der Waals surface area contributed by atoms with Gasteiger partial charge in [0, 0.05) is 30.5 Å². The summed E-state index contributed by atoms with van der Waals surface area (Å²) in [5.41, 5.74) is -0.498. The van der Waals surface area contributed by atoms with Crippen LogP contribution in [0.3, 0.4) is 0 Å². The molecule has 0 aliphatic carbocycles. The molecule has 0 amide bonds. The lowest BCUT2D eigenvalue weighted by molar-refractivity contribution is 0.0351. The number of nitrogens with zero attached hydrogens (tertiary/aromatic N) is 3. The molecule has 90 valence electrons. The highest BCUT2D eigenvalue weighted by molar-refractivity contribution is 7.09. The molecule has 0 aromatic carbocycles. The molecule has 0 atom stereocenters. The predicted molar refractivity (Wildman–Crippen MR) is 66.1 cm³/mol. The zero-order valence-electron chi connectivity index (χ0n) is 10.1. The first-order chi connectivity index (χ1) is 7.48. The first-order valence-electron chi connectivity index (χ1n) is 5.79. The van der Waals surface area contributed by atoms with Gasteiger partial charge in [-0.3, -0.25) is 0 Å². The van der Waals surface area contributed by atoms with Crippen LogP contribution < -0.4 is 4.90 Å². The monoisotopic (exact) mass is 241 g/mol. The third-order valence-corrected chi connectivity index (χ3v) is 3.85. The second kappa shape index (κ2) is 4.30. The maximum atomic E-state index is 9.87. The quantitative estimate of drug-likeness (QED) is 0.860. The van der Waals surface area contributed by atoms with Gasteiger partial charge in [0.05, 0.1) is 5.60 Å². The Morgan fingerprint density at radius 1 is 1.38 bits per heavy atom. The summed E-state index contributed by atoms with van der Waals surface area (Å²) >= 11 is 1.47. The number of aromatic nitrogens is 2. The van der Waals surface area contributed by atoms with Gasteiger partial charge in [-0.2, -0.15) is 4.37 Å². The largest absolute Gasteiger partial charge is 0.390 e. The highest BCUT2D eigenvalue weighted by atomic mass is 32.1. The van der Waals surface area contributed by atoms with E-state index in [-0.39, 0.29) is 0 Å². The van der Waals surface area contributed by atoms with E-state index in [1.165, 1.54) is 11.5 Å². The Hall–Kier alpha value is -0.680. The number of piperidine rings is 1. The van der Waals surface area contributed by atoms with Crippen LogP contribution >= 0.6 is 11.5 Å². The third kappa shape index (κ3) is 2.52. The molecule has 1 fully saturated rings. The van der Waals surface area contributed by atoms with Gasteiger partial charge < -0.3 is 10.0 Å². The van der Waals surface area contributed by atoms with Crippen molar-refractivity contribution in [2.24, 2.45) is 0 Å². The van der Waals surface area contributed by atoms with E-state index in [9.17, 15) is 5.11 Å². The lowest BCUT2D eigenvalue weighted by Gasteiger charge is -2.35. The highest BCUT2D eigenvalue weighted by Crippen LogP contribution is 2.27. The summed E-state index contributed by atoms with van der Waals surface area (Å²) in [7, 11) is 0. The van der Waals surface area contributed by atoms with Gasteiger partial charge in [0.15, 0.2) is 0 Å². The van der Waals surface area contributed by atoms with Crippen LogP contribution in [-0.2, 0) is 0 Å². The van der Waals surface area contributed by atoms with Crippen LogP contribution in [0.2, 0.25) is 0 Å². The van der Waals surface area contributed by atoms with Crippen molar-refractivity contribution < 1.29 is 5.11 Å². The fourth-order valence-electron chi connectivity index (χ4n) is 1.77. The predicted octanol–water partition coefficient (Wildman–Crippen LogP) is 2.01. The lowest BCUT2D eigenvalue weighted by atomic mass is 9.94. The molecule has 2 heterocycles. The first-order valence-corrected chi connectivity index (χ1v) is 6.56. The van der Waals surface area contributed by atoms with Crippen LogP contribution in [0.4, 0.5) is 5.13 Å². The summed E-state index contributed by atoms with van der Waals surface area (Å²) in [5.74, 6) is 1.32. The molecule has 1 aromatic heterocycles. The summed E-state index contributed by atoms with van der Waals surface area (Å²) in [6.45, 7) is 7.86. The molecule has 4 nitrogen and oxygen atoms in total. The Morgan fingerprint density at radius 3 is 2.50 bits per heavy atom. The molecule has 16 heavy (non-hydrogen) atoms. The molecular weight excluding hydrogens is 222 g/mol. The minimum Gasteiger partial charge on any atom is -0.390 e. The SMILES string of the molecule is CC(C)c1nsc(N2CCC(C)(O)CC2)n1. The van der Waals surface area contributed by atoms with Crippen molar-refractivity contribution in [2.75, 3.05) is 18.0 Å². The fraction of sp³-hybridized carbons (Fsp3) is 0.818. The average Bonchev–Trinajstić information content (AvgIpc) is 2.66. The molecule has 5 heteroatoms. The Kier molecular flexibility index (Phi) is 3.17. The van der Waals surface area contributed by atoms with Crippen LogP contribution in [-0.4, -0.2) is 33.2 Å². The van der Waals surface area contributed by atoms with Gasteiger partial charge >= 0.3 is 0 Å². The Balaban J connectivity index is 2.03. The van der Waals surface area contributed by atoms with E-state index in [2.05, 4.69) is 28.1 Å². The summed E-state index contributed by atoms with van der Waals surface area (Å²) in [4.78, 5) is 6.76. The molecule has 1 saturated heterocycles. The maximum Gasteiger partial charge on any atom is 0.205 e. The molecule has 0 unspecified atom stereocenters. The minimum absolute atomic E-state index is 0.387. The van der Waals surface area contributed by atoms with Gasteiger partial charge in [-0.1, -0.05) is 13.8 Å². The second-order valence-electron chi connectivity index (χ2n) is 5.07. The molecule has 1 aliphatic heterocycles. The first kappa shape index (κ1) is 11.8. The number of rotatable bonds is 2. The number of hydrogen-bond donors (Lipinski definition) is 1. The fourth-order valence-corrected chi connectivity index (χ4v) is 2.63. The van der Waals surface area contributed by atoms with E-state index < -0.39 is 5.60 Å². The summed E-state index contributed by atoms with van der Waals surface area (Å²) in [6, 6.07) is 0. The van der Waals surface area contributed by atoms with Crippen LogP contribution in [0.5, 0.6) is 0 Å². The van der Waals surface area contributed by atoms with E-state index in [0.717, 1.165) is 36.9 Å². The van der Waals surface area contributed by atoms with Crippen molar-refractivity contribution in [1.29, 1.82) is 0 Å². The van der Waals surface area contributed by atoms with Gasteiger partial charge in [0.25, 0.3) is 0 Å². The van der Waals surface area contributed by atoms with Crippen molar-refractivity contribution >= 4 is 16.7 Å². The van der Waals surface area contributed by atoms with Crippen molar-refractivity contribution in [3.63, 3.8) is 0 Å². The van der Waals surface area contributed by atoms with Gasteiger partial charge in [-0.15, -0.1) is 0 Å². The van der Waals surface area contributed by atoms with E-state index >= 15 is 0 Å². The Morgan fingerprint density at radius 2 is 2.00 bits per heavy atom. The van der Waals surface area contributed by atoms with Crippen LogP contribution in [0, 0.1) is 0 Å². The lowest BCUT2D eigenvalue weighted by Crippen LogP contribution is -2.42. The average molecular weight is 241 g/mol. The Bertz CT molecular complexity index is 352. The van der Waals surface area contributed by atoms with E-state index in [4.69, 9.17) is 0 Å². The zero-order chi connectivity index (χ0) is 11.8. The second-order valence-corrected chi connectivity index (χ2v) is 5.80. The molecule has 0 bridgehead atoms. The topological polar surface area (TPSA) is 49.2 Å². The summed E-state index contributed by atoms with van der Waals surface area (Å²) < 4.78 is 4.35. The number of anilines is 1. The number of hydrogen-bond acceptors (Lipinski definition) is 5. The molecule has 0 saturated carbocycles. The molecule has 1 aliphatic rings. The van der Waals surface area contributed by atoms with E-state index in [1.807, 2.05) is 6.92 Å². The van der Waals surface area contributed by atoms with Crippen LogP contribution in [0.1, 0.15) is 45.4 Å². The molecule has 1 aromatic rings. The number of aliphatic hydroxyl groups is 1. The third-order valence-electron chi connectivity index (χ3n) is 3.06. The molecule has 1 N–H and O–H groups in total. The molecule has 0 radical (unpaired) electrons. The van der Waals surface area contributed by atoms with Gasteiger partial charge in [0.1, 0.15) is 5.82 Å². The van der Waals surface area contributed by atoms with Crippen LogP contribution in [0.15, 0.2) is 0 Å². The van der Waals surface area contributed by atoms with Gasteiger partial charge in [0.2, 0.25) is 5.13 Å². The molecule has 0 spiro atoms. The smallest absolute Gasteiger partial charge is 0.205 e. The normalized spacial score (nSPS) is 20.4. The van der Waals surface area contributed by atoms with Crippen molar-refractivity contribution in [2.45, 2.75) is 45.1 Å². The molecular formula is C11H19N3OS. The standard InChI is InChI=1S/C11H19N3OS/c1-8(2)9-12-10(16-13-9)14-6-4-11(3,15)5-7-14/h8,15H,4-7H2,1-3H3. The van der Waals surface area contributed by atoms with Gasteiger partial charge in [-0.05, 0) is 19.8 Å². The minimum atomic E-state index is -0.498. The van der Waals surface area contributed by atoms with Gasteiger partial charge in [-0.25, -0.2) is 4.98 Å². The van der Waals surface area contributed by atoms with E-state index in [0.29, 0.717) is 5.92 Å². The maximum absolute atomic E-state index is 9.87. The van der Waals surface area contributed by atoms with Crippen molar-refractivity contribution in [1.82, 2.24) is 9.36 Å². The van der Waals surface area contributed by atoms with Crippen molar-refractivity contribution in [3.8, 4) is 0 Å². The zero-order valence-corrected chi connectivity index (χ0v) is 10.9. The summed E-state index contributed by atoms with van der Waals surface area (Å²) in [5, 5.41) is 10.9. The summed E-state index contributed by atoms with van der Waals surface area (Å²) in [6.07, 6.45) is 1.62. The highest BCUT2D eigenvalue weighted by Gasteiger charge is 2.28.